The van der Waals surface area contributed by atoms with Crippen LogP contribution < -0.4 is 4.90 Å². The fourth-order valence-electron chi connectivity index (χ4n) is 9.10. The molecule has 0 aliphatic heterocycles. The summed E-state index contributed by atoms with van der Waals surface area (Å²) < 4.78 is 40.5. The Labute approximate surface area is 351 Å². The van der Waals surface area contributed by atoms with Gasteiger partial charge < -0.3 is 9.47 Å². The van der Waals surface area contributed by atoms with Gasteiger partial charge in [-0.25, -0.2) is 0 Å². The van der Waals surface area contributed by atoms with Crippen LogP contribution in [0.15, 0.2) is 218 Å². The molecule has 1 heterocycles. The zero-order valence-corrected chi connectivity index (χ0v) is 32.9. The molecule has 0 saturated heterocycles. The number of fused-ring (bicyclic) bond motifs is 6. The van der Waals surface area contributed by atoms with Crippen molar-refractivity contribution in [3.8, 4) is 50.2 Å². The van der Waals surface area contributed by atoms with Crippen molar-refractivity contribution in [3.05, 3.63) is 229 Å². The molecular formula is C57H42N2. The van der Waals surface area contributed by atoms with Crippen LogP contribution in [-0.4, -0.2) is 4.57 Å². The van der Waals surface area contributed by atoms with Crippen molar-refractivity contribution >= 4 is 38.9 Å². The Morgan fingerprint density at radius 3 is 1.76 bits per heavy atom. The summed E-state index contributed by atoms with van der Waals surface area (Å²) in [7, 11) is 0. The highest BCUT2D eigenvalue weighted by Crippen LogP contribution is 2.51. The minimum Gasteiger partial charge on any atom is -0.310 e. The molecule has 0 fully saturated rings. The van der Waals surface area contributed by atoms with Crippen molar-refractivity contribution < 1.29 is 5.48 Å². The smallest absolute Gasteiger partial charge is 0.0651 e. The first kappa shape index (κ1) is 30.7. The van der Waals surface area contributed by atoms with E-state index in [1.807, 2.05) is 77.7 Å². The van der Waals surface area contributed by atoms with E-state index in [0.29, 0.717) is 11.1 Å². The molecule has 0 amide bonds. The van der Waals surface area contributed by atoms with Crippen molar-refractivity contribution in [1.82, 2.24) is 4.57 Å². The molecule has 0 atom stereocenters. The van der Waals surface area contributed by atoms with Gasteiger partial charge in [-0.3, -0.25) is 0 Å². The SMILES string of the molecule is [2H]c1c([2H])c(-c2ccc3c(c2)c2ccccc2n3-c2ccccc2)c([2H])c(N(c2ccc(-c3ccc(-c4ccccc4)cc3)cc2)c2ccc3c(c2)C(C)(C)c2ccccc2-3)c1[2H]. The molecule has 1 aromatic heterocycles. The molecule has 10 aromatic rings. The van der Waals surface area contributed by atoms with Crippen LogP contribution in [0.2, 0.25) is 0 Å². The van der Waals surface area contributed by atoms with Crippen molar-refractivity contribution in [1.29, 1.82) is 0 Å². The van der Waals surface area contributed by atoms with E-state index < -0.39 is 0 Å². The molecule has 0 saturated carbocycles. The lowest BCUT2D eigenvalue weighted by Crippen LogP contribution is -2.16. The lowest BCUT2D eigenvalue weighted by atomic mass is 9.82. The Kier molecular flexibility index (Phi) is 7.23. The molecule has 1 aliphatic carbocycles. The molecule has 0 radical (unpaired) electrons. The number of anilines is 3. The first-order chi connectivity index (χ1) is 30.7. The summed E-state index contributed by atoms with van der Waals surface area (Å²) in [5.41, 5.74) is 14.8. The second-order valence-corrected chi connectivity index (χ2v) is 15.9. The van der Waals surface area contributed by atoms with Crippen LogP contribution in [0.4, 0.5) is 17.1 Å². The quantitative estimate of drug-likeness (QED) is 0.157. The number of hydrogen-bond acceptors (Lipinski definition) is 1. The van der Waals surface area contributed by atoms with E-state index in [9.17, 15) is 5.48 Å². The molecule has 280 valence electrons. The molecule has 0 N–H and O–H groups in total. The number of hydrogen-bond donors (Lipinski definition) is 0. The molecule has 0 unspecified atom stereocenters. The average Bonchev–Trinajstić information content (AvgIpc) is 3.78. The average molecular weight is 759 g/mol. The van der Waals surface area contributed by atoms with Gasteiger partial charge in [-0.05, 0) is 122 Å². The second-order valence-electron chi connectivity index (χ2n) is 15.9. The lowest BCUT2D eigenvalue weighted by Gasteiger charge is -2.28. The summed E-state index contributed by atoms with van der Waals surface area (Å²) in [6.45, 7) is 4.49. The van der Waals surface area contributed by atoms with Crippen LogP contribution in [-0.2, 0) is 5.41 Å². The van der Waals surface area contributed by atoms with Gasteiger partial charge in [0.05, 0.1) is 16.5 Å². The number of para-hydroxylation sites is 2. The highest BCUT2D eigenvalue weighted by molar-refractivity contribution is 6.10. The zero-order chi connectivity index (χ0) is 43.0. The summed E-state index contributed by atoms with van der Waals surface area (Å²) >= 11 is 0. The summed E-state index contributed by atoms with van der Waals surface area (Å²) in [5, 5.41) is 2.04. The van der Waals surface area contributed by atoms with Gasteiger partial charge >= 0.3 is 0 Å². The van der Waals surface area contributed by atoms with E-state index in [2.05, 4.69) is 140 Å². The molecule has 11 rings (SSSR count). The lowest BCUT2D eigenvalue weighted by molar-refractivity contribution is 0.660. The van der Waals surface area contributed by atoms with Gasteiger partial charge in [0.1, 0.15) is 0 Å². The maximum absolute atomic E-state index is 10.0. The highest BCUT2D eigenvalue weighted by atomic mass is 15.1. The van der Waals surface area contributed by atoms with Crippen LogP contribution in [0, 0.1) is 0 Å². The van der Waals surface area contributed by atoms with Gasteiger partial charge in [0, 0.05) is 38.9 Å². The fraction of sp³-hybridized carbons (Fsp3) is 0.0526. The van der Waals surface area contributed by atoms with Gasteiger partial charge in [0.25, 0.3) is 0 Å². The summed E-state index contributed by atoms with van der Waals surface area (Å²) in [5.74, 6) is 0. The molecule has 2 nitrogen and oxygen atoms in total. The Morgan fingerprint density at radius 1 is 0.424 bits per heavy atom. The first-order valence-corrected chi connectivity index (χ1v) is 20.2. The van der Waals surface area contributed by atoms with E-state index in [0.717, 1.165) is 66.7 Å². The normalized spacial score (nSPS) is 13.7. The third kappa shape index (κ3) is 5.87. The minimum atomic E-state index is -0.290. The number of rotatable bonds is 7. The number of nitrogens with zero attached hydrogens (tertiary/aromatic N) is 2. The predicted molar refractivity (Wildman–Crippen MR) is 249 cm³/mol. The van der Waals surface area contributed by atoms with E-state index in [1.54, 1.807) is 0 Å². The van der Waals surface area contributed by atoms with Crippen molar-refractivity contribution in [2.24, 2.45) is 0 Å². The zero-order valence-electron chi connectivity index (χ0n) is 36.9. The topological polar surface area (TPSA) is 8.17 Å². The molecule has 59 heavy (non-hydrogen) atoms. The largest absolute Gasteiger partial charge is 0.310 e. The van der Waals surface area contributed by atoms with Crippen LogP contribution in [0.1, 0.15) is 30.5 Å². The maximum atomic E-state index is 10.0. The van der Waals surface area contributed by atoms with Gasteiger partial charge in [0.2, 0.25) is 0 Å². The highest BCUT2D eigenvalue weighted by Gasteiger charge is 2.35. The van der Waals surface area contributed by atoms with E-state index in [-0.39, 0.29) is 35.3 Å². The minimum absolute atomic E-state index is 0.0239. The Morgan fingerprint density at radius 2 is 1.00 bits per heavy atom. The number of benzene rings is 9. The molecule has 1 aliphatic rings. The van der Waals surface area contributed by atoms with Crippen LogP contribution in [0.25, 0.3) is 72.0 Å². The Hall–Kier alpha value is -7.42. The predicted octanol–water partition coefficient (Wildman–Crippen LogP) is 15.6. The van der Waals surface area contributed by atoms with Crippen LogP contribution in [0.3, 0.4) is 0 Å². The van der Waals surface area contributed by atoms with Gasteiger partial charge in [-0.15, -0.1) is 0 Å². The van der Waals surface area contributed by atoms with Gasteiger partial charge in [0.15, 0.2) is 0 Å². The molecule has 2 heteroatoms. The van der Waals surface area contributed by atoms with E-state index >= 15 is 0 Å². The third-order valence-corrected chi connectivity index (χ3v) is 12.1. The van der Waals surface area contributed by atoms with Crippen molar-refractivity contribution in [3.63, 3.8) is 0 Å². The Balaban J connectivity index is 1.09. The summed E-state index contributed by atoms with van der Waals surface area (Å²) in [4.78, 5) is 1.95. The summed E-state index contributed by atoms with van der Waals surface area (Å²) in [6, 6.07) is 66.2. The van der Waals surface area contributed by atoms with Crippen LogP contribution in [0.5, 0.6) is 0 Å². The van der Waals surface area contributed by atoms with E-state index in [1.165, 1.54) is 16.7 Å². The van der Waals surface area contributed by atoms with Gasteiger partial charge in [-0.2, -0.15) is 0 Å². The van der Waals surface area contributed by atoms with Crippen molar-refractivity contribution in [2.75, 3.05) is 4.90 Å². The number of aromatic nitrogens is 1. The summed E-state index contributed by atoms with van der Waals surface area (Å²) in [6.07, 6.45) is 0. The second kappa shape index (κ2) is 13.9. The van der Waals surface area contributed by atoms with Crippen molar-refractivity contribution in [2.45, 2.75) is 19.3 Å². The maximum Gasteiger partial charge on any atom is 0.0651 e. The molecule has 0 bridgehead atoms. The van der Waals surface area contributed by atoms with Crippen LogP contribution >= 0.6 is 0 Å². The fourth-order valence-corrected chi connectivity index (χ4v) is 9.10. The Bertz CT molecular complexity index is 3390. The molecular weight excluding hydrogens is 713 g/mol. The third-order valence-electron chi connectivity index (χ3n) is 12.1. The molecule has 9 aromatic carbocycles. The monoisotopic (exact) mass is 758 g/mol. The standard InChI is InChI=1S/C57H42N2/c1-57(2)53-22-11-9-20-49(53)50-34-33-48(38-54(50)57)58(46-31-28-42(29-32-46)41-26-24-40(25-27-41)39-14-5-3-6-15-39)47-19-13-16-43(36-47)44-30-35-56-52(37-44)51-21-10-12-23-55(51)59(56)45-17-7-4-8-18-45/h3-38H,1-2H3/i13D,16D,19D,36D. The van der Waals surface area contributed by atoms with Gasteiger partial charge in [-0.1, -0.05) is 165 Å². The van der Waals surface area contributed by atoms with E-state index in [4.69, 9.17) is 0 Å². The molecule has 0 spiro atoms. The first-order valence-electron chi connectivity index (χ1n) is 22.2.